The third-order valence-electron chi connectivity index (χ3n) is 6.14. The van der Waals surface area contributed by atoms with Crippen LogP contribution in [0.5, 0.6) is 11.5 Å². The predicted molar refractivity (Wildman–Crippen MR) is 124 cm³/mol. The van der Waals surface area contributed by atoms with Gasteiger partial charge in [0, 0.05) is 36.4 Å². The minimum atomic E-state index is -0.551. The van der Waals surface area contributed by atoms with E-state index in [0.29, 0.717) is 30.2 Å². The molecule has 2 aliphatic rings. The lowest BCUT2D eigenvalue weighted by molar-refractivity contribution is -0.142. The first-order valence-corrected chi connectivity index (χ1v) is 11.3. The topological polar surface area (TPSA) is 115 Å². The number of hydrogen-bond donors (Lipinski definition) is 3. The van der Waals surface area contributed by atoms with Gasteiger partial charge in [0.2, 0.25) is 11.8 Å². The molecule has 0 aliphatic carbocycles. The average molecular weight is 471 g/mol. The first-order valence-electron chi connectivity index (χ1n) is 11.3. The molecule has 0 aromatic heterocycles. The fourth-order valence-electron chi connectivity index (χ4n) is 4.62. The first-order chi connectivity index (χ1) is 16.5. The van der Waals surface area contributed by atoms with Gasteiger partial charge < -0.3 is 34.7 Å². The summed E-state index contributed by atoms with van der Waals surface area (Å²) in [5, 5.41) is 15.6. The standard InChI is InChI=1S/C25H30N2O7/c1-31-14-24(30)27-16-7-8-21-18(9-16)19-10-17(33-22(13-28)25(19)34-21)11-23(29)26-12-15-5-3-4-6-20(15)32-2/h3-9,17,19,22,25,28H,10-14H2,1-2H3,(H,26,29)(H,27,30)/t17-,19+,22-,25-/m0/s1. The maximum absolute atomic E-state index is 12.7. The van der Waals surface area contributed by atoms with Gasteiger partial charge in [0.1, 0.15) is 30.3 Å². The molecule has 9 nitrogen and oxygen atoms in total. The fourth-order valence-corrected chi connectivity index (χ4v) is 4.62. The molecule has 0 unspecified atom stereocenters. The highest BCUT2D eigenvalue weighted by Crippen LogP contribution is 2.47. The summed E-state index contributed by atoms with van der Waals surface area (Å²) in [7, 11) is 3.06. The number of amides is 2. The molecule has 182 valence electrons. The molecule has 2 aliphatic heterocycles. The summed E-state index contributed by atoms with van der Waals surface area (Å²) in [6.45, 7) is 0.0968. The number of nitrogens with one attached hydrogen (secondary N) is 2. The van der Waals surface area contributed by atoms with E-state index in [0.717, 1.165) is 11.1 Å². The number of methoxy groups -OCH3 is 2. The molecule has 2 aromatic rings. The molecule has 2 heterocycles. The molecule has 0 saturated carbocycles. The Morgan fingerprint density at radius 2 is 1.97 bits per heavy atom. The van der Waals surface area contributed by atoms with Gasteiger partial charge >= 0.3 is 0 Å². The third-order valence-corrected chi connectivity index (χ3v) is 6.14. The molecule has 9 heteroatoms. The monoisotopic (exact) mass is 470 g/mol. The van der Waals surface area contributed by atoms with Crippen LogP contribution in [0.15, 0.2) is 42.5 Å². The van der Waals surface area contributed by atoms with Crippen molar-refractivity contribution in [3.05, 3.63) is 53.6 Å². The second-order valence-corrected chi connectivity index (χ2v) is 8.43. The van der Waals surface area contributed by atoms with E-state index in [9.17, 15) is 14.7 Å². The number of carbonyl (C=O) groups excluding carboxylic acids is 2. The minimum Gasteiger partial charge on any atom is -0.496 e. The normalized spacial score (nSPS) is 22.8. The maximum Gasteiger partial charge on any atom is 0.250 e. The van der Waals surface area contributed by atoms with Crippen molar-refractivity contribution in [2.45, 2.75) is 43.6 Å². The van der Waals surface area contributed by atoms with Crippen LogP contribution in [0.2, 0.25) is 0 Å². The Morgan fingerprint density at radius 1 is 1.15 bits per heavy atom. The largest absolute Gasteiger partial charge is 0.496 e. The molecule has 34 heavy (non-hydrogen) atoms. The third kappa shape index (κ3) is 5.32. The van der Waals surface area contributed by atoms with Crippen LogP contribution in [-0.4, -0.2) is 62.7 Å². The molecular formula is C25H30N2O7. The van der Waals surface area contributed by atoms with E-state index in [1.807, 2.05) is 30.3 Å². The van der Waals surface area contributed by atoms with Crippen molar-refractivity contribution in [1.29, 1.82) is 0 Å². The Balaban J connectivity index is 1.42. The van der Waals surface area contributed by atoms with Crippen LogP contribution in [0.25, 0.3) is 0 Å². The Kier molecular flexibility index (Phi) is 7.66. The van der Waals surface area contributed by atoms with E-state index in [-0.39, 0.29) is 49.6 Å². The lowest BCUT2D eigenvalue weighted by Gasteiger charge is -2.37. The maximum atomic E-state index is 12.7. The summed E-state index contributed by atoms with van der Waals surface area (Å²) in [5.74, 6) is 0.955. The van der Waals surface area contributed by atoms with E-state index in [1.54, 1.807) is 19.2 Å². The van der Waals surface area contributed by atoms with Gasteiger partial charge in [-0.25, -0.2) is 0 Å². The van der Waals surface area contributed by atoms with E-state index >= 15 is 0 Å². The van der Waals surface area contributed by atoms with Crippen LogP contribution in [0.3, 0.4) is 0 Å². The number of ether oxygens (including phenoxy) is 4. The number of aliphatic hydroxyl groups excluding tert-OH is 1. The van der Waals surface area contributed by atoms with Gasteiger partial charge in [-0.05, 0) is 30.7 Å². The predicted octanol–water partition coefficient (Wildman–Crippen LogP) is 1.98. The van der Waals surface area contributed by atoms with Crippen molar-refractivity contribution >= 4 is 17.5 Å². The lowest BCUT2D eigenvalue weighted by Crippen LogP contribution is -2.47. The molecule has 0 spiro atoms. The van der Waals surface area contributed by atoms with E-state index in [4.69, 9.17) is 18.9 Å². The molecule has 0 radical (unpaired) electrons. The Bertz CT molecular complexity index is 1030. The number of fused-ring (bicyclic) bond motifs is 3. The molecule has 4 atom stereocenters. The second-order valence-electron chi connectivity index (χ2n) is 8.43. The molecule has 1 saturated heterocycles. The molecular weight excluding hydrogens is 440 g/mol. The van der Waals surface area contributed by atoms with Crippen molar-refractivity contribution in [1.82, 2.24) is 5.32 Å². The fraction of sp³-hybridized carbons (Fsp3) is 0.440. The molecule has 2 aromatic carbocycles. The van der Waals surface area contributed by atoms with E-state index in [2.05, 4.69) is 10.6 Å². The van der Waals surface area contributed by atoms with Crippen LogP contribution < -0.4 is 20.1 Å². The van der Waals surface area contributed by atoms with Crippen molar-refractivity contribution in [3.8, 4) is 11.5 Å². The number of benzene rings is 2. The summed E-state index contributed by atoms with van der Waals surface area (Å²) in [6, 6.07) is 13.0. The Morgan fingerprint density at radius 3 is 2.74 bits per heavy atom. The van der Waals surface area contributed by atoms with Gasteiger partial charge in [-0.1, -0.05) is 18.2 Å². The smallest absolute Gasteiger partial charge is 0.250 e. The van der Waals surface area contributed by atoms with Crippen molar-refractivity contribution in [2.24, 2.45) is 0 Å². The number of aliphatic hydroxyl groups is 1. The van der Waals surface area contributed by atoms with Crippen LogP contribution >= 0.6 is 0 Å². The number of carbonyl (C=O) groups is 2. The molecule has 1 fully saturated rings. The number of rotatable bonds is 9. The summed E-state index contributed by atoms with van der Waals surface area (Å²) in [4.78, 5) is 24.6. The summed E-state index contributed by atoms with van der Waals surface area (Å²) >= 11 is 0. The molecule has 4 rings (SSSR count). The SMILES string of the molecule is COCC(=O)Nc1ccc2c(c1)[C@H]1C[C@@H](CC(=O)NCc3ccccc3OC)O[C@@H](CO)[C@H]1O2. The van der Waals surface area contributed by atoms with Gasteiger partial charge in [0.25, 0.3) is 0 Å². The number of anilines is 1. The summed E-state index contributed by atoms with van der Waals surface area (Å²) in [6.07, 6.45) is -0.555. The summed E-state index contributed by atoms with van der Waals surface area (Å²) < 4.78 is 22.3. The zero-order valence-electron chi connectivity index (χ0n) is 19.3. The second kappa shape index (κ2) is 10.9. The average Bonchev–Trinajstić information content (AvgIpc) is 3.20. The molecule has 0 bridgehead atoms. The molecule has 2 amide bonds. The van der Waals surface area contributed by atoms with Gasteiger partial charge in [0.05, 0.1) is 26.2 Å². The van der Waals surface area contributed by atoms with E-state index in [1.165, 1.54) is 7.11 Å². The quantitative estimate of drug-likeness (QED) is 0.513. The van der Waals surface area contributed by atoms with Crippen molar-refractivity contribution in [3.63, 3.8) is 0 Å². The van der Waals surface area contributed by atoms with E-state index < -0.39 is 6.10 Å². The minimum absolute atomic E-state index is 0.0356. The van der Waals surface area contributed by atoms with Gasteiger partial charge in [-0.3, -0.25) is 9.59 Å². The Labute approximate surface area is 198 Å². The van der Waals surface area contributed by atoms with Crippen LogP contribution in [-0.2, 0) is 25.6 Å². The van der Waals surface area contributed by atoms with Crippen molar-refractivity contribution in [2.75, 3.05) is 32.8 Å². The Hall–Kier alpha value is -3.14. The zero-order valence-corrected chi connectivity index (χ0v) is 19.3. The molecule has 3 N–H and O–H groups in total. The highest BCUT2D eigenvalue weighted by molar-refractivity contribution is 5.92. The van der Waals surface area contributed by atoms with Crippen molar-refractivity contribution < 1.29 is 33.6 Å². The van der Waals surface area contributed by atoms with Gasteiger partial charge in [0.15, 0.2) is 0 Å². The van der Waals surface area contributed by atoms with Gasteiger partial charge in [-0.2, -0.15) is 0 Å². The first kappa shape index (κ1) is 24.0. The van der Waals surface area contributed by atoms with Crippen LogP contribution in [0, 0.1) is 0 Å². The number of hydrogen-bond acceptors (Lipinski definition) is 7. The zero-order chi connectivity index (χ0) is 24.1. The van der Waals surface area contributed by atoms with Crippen LogP contribution in [0.4, 0.5) is 5.69 Å². The van der Waals surface area contributed by atoms with Gasteiger partial charge in [-0.15, -0.1) is 0 Å². The van der Waals surface area contributed by atoms with Crippen LogP contribution in [0.1, 0.15) is 29.9 Å². The highest BCUT2D eigenvalue weighted by Gasteiger charge is 2.46. The highest BCUT2D eigenvalue weighted by atomic mass is 16.6. The lowest BCUT2D eigenvalue weighted by atomic mass is 9.84. The number of para-hydroxylation sites is 1. The summed E-state index contributed by atoms with van der Waals surface area (Å²) in [5.41, 5.74) is 2.46.